The van der Waals surface area contributed by atoms with Crippen LogP contribution in [-0.2, 0) is 6.42 Å². The maximum Gasteiger partial charge on any atom is 0.0460 e. The Labute approximate surface area is 106 Å². The van der Waals surface area contributed by atoms with Crippen molar-refractivity contribution in [3.8, 4) is 0 Å². The van der Waals surface area contributed by atoms with E-state index < -0.39 is 0 Å². The maximum atomic E-state index is 6.09. The van der Waals surface area contributed by atoms with Crippen LogP contribution in [0.15, 0.2) is 18.2 Å². The summed E-state index contributed by atoms with van der Waals surface area (Å²) in [5.41, 5.74) is 4.12. The van der Waals surface area contributed by atoms with Crippen molar-refractivity contribution in [2.45, 2.75) is 25.2 Å². The van der Waals surface area contributed by atoms with Gasteiger partial charge in [-0.2, -0.15) is 0 Å². The first-order valence-electron chi connectivity index (χ1n) is 6.24. The Kier molecular flexibility index (Phi) is 2.85. The van der Waals surface area contributed by atoms with Crippen LogP contribution in [0.2, 0.25) is 5.02 Å². The number of nitrogens with one attached hydrogen (secondary N) is 2. The lowest BCUT2D eigenvalue weighted by Gasteiger charge is -2.22. The number of aromatic nitrogens is 1. The third-order valence-electron chi connectivity index (χ3n) is 3.74. The molecule has 2 aromatic rings. The molecule has 1 atom stereocenters. The summed E-state index contributed by atoms with van der Waals surface area (Å²) < 4.78 is 0. The van der Waals surface area contributed by atoms with Crippen molar-refractivity contribution in [3.05, 3.63) is 34.5 Å². The van der Waals surface area contributed by atoms with Gasteiger partial charge in [-0.1, -0.05) is 11.6 Å². The van der Waals surface area contributed by atoms with E-state index in [9.17, 15) is 0 Å². The molecule has 1 aliphatic rings. The van der Waals surface area contributed by atoms with E-state index in [-0.39, 0.29) is 0 Å². The van der Waals surface area contributed by atoms with Gasteiger partial charge in [0, 0.05) is 34.1 Å². The number of likely N-dealkylation sites (N-methyl/N-ethyl adjacent to an activating group) is 1. The van der Waals surface area contributed by atoms with Crippen molar-refractivity contribution in [1.29, 1.82) is 0 Å². The highest BCUT2D eigenvalue weighted by molar-refractivity contribution is 6.31. The van der Waals surface area contributed by atoms with Gasteiger partial charge in [-0.05, 0) is 50.1 Å². The van der Waals surface area contributed by atoms with Crippen molar-refractivity contribution in [2.75, 3.05) is 13.6 Å². The lowest BCUT2D eigenvalue weighted by atomic mass is 9.87. The third-order valence-corrected chi connectivity index (χ3v) is 3.97. The predicted octanol–water partition coefficient (Wildman–Crippen LogP) is 3.46. The van der Waals surface area contributed by atoms with Crippen LogP contribution < -0.4 is 5.32 Å². The Balaban J connectivity index is 2.15. The molecule has 1 aliphatic carbocycles. The number of rotatable bonds is 2. The lowest BCUT2D eigenvalue weighted by molar-refractivity contribution is 0.522. The SMILES string of the molecule is CNCC1CCCc2c1[nH]c1ccc(Cl)cc21. The molecule has 0 saturated heterocycles. The van der Waals surface area contributed by atoms with Crippen LogP contribution in [0.5, 0.6) is 0 Å². The van der Waals surface area contributed by atoms with Crippen molar-refractivity contribution in [2.24, 2.45) is 0 Å². The molecule has 0 amide bonds. The van der Waals surface area contributed by atoms with E-state index in [0.717, 1.165) is 11.6 Å². The Morgan fingerprint density at radius 2 is 2.35 bits per heavy atom. The molecule has 0 aliphatic heterocycles. The minimum Gasteiger partial charge on any atom is -0.358 e. The number of fused-ring (bicyclic) bond motifs is 3. The molecule has 1 aromatic carbocycles. The second-order valence-corrected chi connectivity index (χ2v) is 5.29. The molecule has 1 unspecified atom stereocenters. The minimum absolute atomic E-state index is 0.620. The number of H-pyrrole nitrogens is 1. The van der Waals surface area contributed by atoms with Crippen LogP contribution in [0, 0.1) is 0 Å². The first-order valence-corrected chi connectivity index (χ1v) is 6.62. The van der Waals surface area contributed by atoms with Crippen LogP contribution in [0.25, 0.3) is 10.9 Å². The van der Waals surface area contributed by atoms with Crippen LogP contribution in [-0.4, -0.2) is 18.6 Å². The van der Waals surface area contributed by atoms with E-state index >= 15 is 0 Å². The van der Waals surface area contributed by atoms with Gasteiger partial charge in [0.05, 0.1) is 0 Å². The summed E-state index contributed by atoms with van der Waals surface area (Å²) in [5, 5.41) is 5.43. The van der Waals surface area contributed by atoms with Gasteiger partial charge in [0.2, 0.25) is 0 Å². The summed E-state index contributed by atoms with van der Waals surface area (Å²) in [7, 11) is 2.02. The first-order chi connectivity index (χ1) is 8.29. The van der Waals surface area contributed by atoms with Crippen molar-refractivity contribution < 1.29 is 0 Å². The summed E-state index contributed by atoms with van der Waals surface area (Å²) in [4.78, 5) is 3.58. The van der Waals surface area contributed by atoms with E-state index in [2.05, 4.69) is 22.4 Å². The summed E-state index contributed by atoms with van der Waals surface area (Å²) in [6.45, 7) is 1.05. The highest BCUT2D eigenvalue weighted by Gasteiger charge is 2.23. The van der Waals surface area contributed by atoms with Gasteiger partial charge >= 0.3 is 0 Å². The molecule has 90 valence electrons. The van der Waals surface area contributed by atoms with Crippen molar-refractivity contribution >= 4 is 22.5 Å². The fourth-order valence-electron chi connectivity index (χ4n) is 2.98. The van der Waals surface area contributed by atoms with Gasteiger partial charge < -0.3 is 10.3 Å². The molecular weight excluding hydrogens is 232 g/mol. The molecule has 2 nitrogen and oxygen atoms in total. The van der Waals surface area contributed by atoms with Gasteiger partial charge in [0.1, 0.15) is 0 Å². The molecular formula is C14H17ClN2. The summed E-state index contributed by atoms with van der Waals surface area (Å²) in [6.07, 6.45) is 3.73. The number of aryl methyl sites for hydroxylation is 1. The van der Waals surface area contributed by atoms with Crippen molar-refractivity contribution in [3.63, 3.8) is 0 Å². The van der Waals surface area contributed by atoms with Gasteiger partial charge in [0.15, 0.2) is 0 Å². The number of hydrogen-bond donors (Lipinski definition) is 2. The van der Waals surface area contributed by atoms with Crippen LogP contribution >= 0.6 is 11.6 Å². The molecule has 0 bridgehead atoms. The summed E-state index contributed by atoms with van der Waals surface area (Å²) in [5.74, 6) is 0.620. The van der Waals surface area contributed by atoms with E-state index in [1.807, 2.05) is 13.1 Å². The minimum atomic E-state index is 0.620. The van der Waals surface area contributed by atoms with Crippen LogP contribution in [0.1, 0.15) is 30.0 Å². The quantitative estimate of drug-likeness (QED) is 0.837. The summed E-state index contributed by atoms with van der Waals surface area (Å²) in [6, 6.07) is 6.14. The van der Waals surface area contributed by atoms with Gasteiger partial charge in [-0.3, -0.25) is 0 Å². The molecule has 17 heavy (non-hydrogen) atoms. The Bertz CT molecular complexity index is 544. The lowest BCUT2D eigenvalue weighted by Crippen LogP contribution is -2.21. The number of hydrogen-bond acceptors (Lipinski definition) is 1. The molecule has 1 heterocycles. The van der Waals surface area contributed by atoms with Gasteiger partial charge in [0.25, 0.3) is 0 Å². The Hall–Kier alpha value is -0.990. The zero-order chi connectivity index (χ0) is 11.8. The van der Waals surface area contributed by atoms with E-state index in [4.69, 9.17) is 11.6 Å². The molecule has 1 aromatic heterocycles. The molecule has 2 N–H and O–H groups in total. The fraction of sp³-hybridized carbons (Fsp3) is 0.429. The number of halogens is 1. The normalized spacial score (nSPS) is 19.5. The molecule has 3 rings (SSSR count). The second kappa shape index (κ2) is 4.35. The fourth-order valence-corrected chi connectivity index (χ4v) is 3.15. The van der Waals surface area contributed by atoms with E-state index in [0.29, 0.717) is 5.92 Å². The standard InChI is InChI=1S/C14H17ClN2/c1-16-8-9-3-2-4-11-12-7-10(15)5-6-13(12)17-14(9)11/h5-7,9,16-17H,2-4,8H2,1H3. The average Bonchev–Trinajstić information content (AvgIpc) is 2.69. The van der Waals surface area contributed by atoms with Crippen LogP contribution in [0.4, 0.5) is 0 Å². The zero-order valence-electron chi connectivity index (χ0n) is 10.0. The highest BCUT2D eigenvalue weighted by atomic mass is 35.5. The average molecular weight is 249 g/mol. The van der Waals surface area contributed by atoms with Crippen molar-refractivity contribution in [1.82, 2.24) is 10.3 Å². The smallest absolute Gasteiger partial charge is 0.0460 e. The van der Waals surface area contributed by atoms with Gasteiger partial charge in [-0.15, -0.1) is 0 Å². The maximum absolute atomic E-state index is 6.09. The van der Waals surface area contributed by atoms with E-state index in [1.165, 1.54) is 41.4 Å². The molecule has 0 fully saturated rings. The highest BCUT2D eigenvalue weighted by Crippen LogP contribution is 2.36. The monoisotopic (exact) mass is 248 g/mol. The zero-order valence-corrected chi connectivity index (χ0v) is 10.8. The van der Waals surface area contributed by atoms with Crippen LogP contribution in [0.3, 0.4) is 0 Å². The third kappa shape index (κ3) is 1.85. The molecule has 0 radical (unpaired) electrons. The molecule has 3 heteroatoms. The molecule has 0 spiro atoms. The predicted molar refractivity (Wildman–Crippen MR) is 72.9 cm³/mol. The first kappa shape index (κ1) is 11.1. The Morgan fingerprint density at radius 1 is 1.47 bits per heavy atom. The van der Waals surface area contributed by atoms with Gasteiger partial charge in [-0.25, -0.2) is 0 Å². The largest absolute Gasteiger partial charge is 0.358 e. The Morgan fingerprint density at radius 3 is 3.18 bits per heavy atom. The number of aromatic amines is 1. The topological polar surface area (TPSA) is 27.8 Å². The molecule has 0 saturated carbocycles. The second-order valence-electron chi connectivity index (χ2n) is 4.85. The number of benzene rings is 1. The summed E-state index contributed by atoms with van der Waals surface area (Å²) >= 11 is 6.09. The van der Waals surface area contributed by atoms with E-state index in [1.54, 1.807) is 0 Å².